The number of carboxylic acids is 1. The third kappa shape index (κ3) is 3.79. The Morgan fingerprint density at radius 1 is 1.24 bits per heavy atom. The van der Waals surface area contributed by atoms with Crippen LogP contribution >= 0.6 is 0 Å². The molecule has 5 heteroatoms. The van der Waals surface area contributed by atoms with Gasteiger partial charge in [-0.2, -0.15) is 0 Å². The summed E-state index contributed by atoms with van der Waals surface area (Å²) in [5.74, 6) is -1.09. The van der Waals surface area contributed by atoms with Crippen LogP contribution in [0.2, 0.25) is 0 Å². The van der Waals surface area contributed by atoms with Gasteiger partial charge in [0.25, 0.3) is 5.56 Å². The SMILES string of the molecule is Cc1c(C(=O)O)ccn(CCOCc2ccccc2)c1=O. The average Bonchev–Trinajstić information content (AvgIpc) is 2.48. The first-order valence-electron chi connectivity index (χ1n) is 6.64. The van der Waals surface area contributed by atoms with Crippen LogP contribution in [0.1, 0.15) is 21.5 Å². The lowest BCUT2D eigenvalue weighted by atomic mass is 10.1. The second-order valence-corrected chi connectivity index (χ2v) is 4.70. The molecule has 110 valence electrons. The van der Waals surface area contributed by atoms with E-state index >= 15 is 0 Å². The molecule has 2 aromatic rings. The first kappa shape index (κ1) is 15.0. The van der Waals surface area contributed by atoms with Crippen molar-refractivity contribution >= 4 is 5.97 Å². The third-order valence-electron chi connectivity index (χ3n) is 3.23. The van der Waals surface area contributed by atoms with E-state index in [1.165, 1.54) is 23.8 Å². The van der Waals surface area contributed by atoms with Crippen LogP contribution in [0.3, 0.4) is 0 Å². The second-order valence-electron chi connectivity index (χ2n) is 4.70. The Morgan fingerprint density at radius 2 is 1.95 bits per heavy atom. The number of carbonyl (C=O) groups is 1. The molecule has 5 nitrogen and oxygen atoms in total. The molecule has 1 aromatic carbocycles. The minimum atomic E-state index is -1.09. The largest absolute Gasteiger partial charge is 0.478 e. The van der Waals surface area contributed by atoms with Crippen LogP contribution in [0.15, 0.2) is 47.4 Å². The molecule has 1 N–H and O–H groups in total. The van der Waals surface area contributed by atoms with Crippen molar-refractivity contribution in [3.63, 3.8) is 0 Å². The fraction of sp³-hybridized carbons (Fsp3) is 0.250. The van der Waals surface area contributed by atoms with Crippen LogP contribution in [0.5, 0.6) is 0 Å². The summed E-state index contributed by atoms with van der Waals surface area (Å²) >= 11 is 0. The summed E-state index contributed by atoms with van der Waals surface area (Å²) in [6.45, 7) is 2.79. The molecule has 0 unspecified atom stereocenters. The van der Waals surface area contributed by atoms with E-state index in [0.29, 0.717) is 19.8 Å². The molecule has 2 rings (SSSR count). The van der Waals surface area contributed by atoms with Crippen molar-refractivity contribution in [3.05, 3.63) is 69.6 Å². The molecule has 0 amide bonds. The van der Waals surface area contributed by atoms with Gasteiger partial charge in [0.2, 0.25) is 0 Å². The van der Waals surface area contributed by atoms with Crippen molar-refractivity contribution in [2.24, 2.45) is 0 Å². The number of hydrogen-bond donors (Lipinski definition) is 1. The molecular weight excluding hydrogens is 270 g/mol. The third-order valence-corrected chi connectivity index (χ3v) is 3.23. The molecule has 0 fully saturated rings. The van der Waals surface area contributed by atoms with Gasteiger partial charge < -0.3 is 14.4 Å². The van der Waals surface area contributed by atoms with Crippen molar-refractivity contribution in [2.75, 3.05) is 6.61 Å². The van der Waals surface area contributed by atoms with Crippen molar-refractivity contribution < 1.29 is 14.6 Å². The molecule has 0 spiro atoms. The minimum absolute atomic E-state index is 0.0430. The van der Waals surface area contributed by atoms with Crippen molar-refractivity contribution in [1.29, 1.82) is 0 Å². The van der Waals surface area contributed by atoms with E-state index in [-0.39, 0.29) is 16.7 Å². The van der Waals surface area contributed by atoms with Gasteiger partial charge in [-0.15, -0.1) is 0 Å². The summed E-state index contributed by atoms with van der Waals surface area (Å²) in [7, 11) is 0. The summed E-state index contributed by atoms with van der Waals surface area (Å²) in [6, 6.07) is 11.2. The number of pyridine rings is 1. The zero-order valence-corrected chi connectivity index (χ0v) is 11.8. The molecule has 21 heavy (non-hydrogen) atoms. The number of nitrogens with zero attached hydrogens (tertiary/aromatic N) is 1. The quantitative estimate of drug-likeness (QED) is 0.826. The van der Waals surface area contributed by atoms with Crippen molar-refractivity contribution in [2.45, 2.75) is 20.1 Å². The fourth-order valence-electron chi connectivity index (χ4n) is 2.02. The van der Waals surface area contributed by atoms with Gasteiger partial charge >= 0.3 is 5.97 Å². The van der Waals surface area contributed by atoms with E-state index in [1.54, 1.807) is 0 Å². The topological polar surface area (TPSA) is 68.5 Å². The zero-order valence-electron chi connectivity index (χ0n) is 11.8. The van der Waals surface area contributed by atoms with Crippen LogP contribution in [-0.4, -0.2) is 22.2 Å². The highest BCUT2D eigenvalue weighted by Gasteiger charge is 2.11. The molecule has 0 aliphatic rings. The Balaban J connectivity index is 1.94. The summed E-state index contributed by atoms with van der Waals surface area (Å²) in [4.78, 5) is 22.9. The predicted molar refractivity (Wildman–Crippen MR) is 78.5 cm³/mol. The molecule has 0 aliphatic heterocycles. The maximum atomic E-state index is 12.0. The Morgan fingerprint density at radius 3 is 2.62 bits per heavy atom. The monoisotopic (exact) mass is 287 g/mol. The van der Waals surface area contributed by atoms with Gasteiger partial charge in [-0.3, -0.25) is 4.79 Å². The summed E-state index contributed by atoms with van der Waals surface area (Å²) in [5.41, 5.74) is 1.06. The maximum Gasteiger partial charge on any atom is 0.336 e. The molecule has 0 bridgehead atoms. The van der Waals surface area contributed by atoms with Crippen molar-refractivity contribution in [3.8, 4) is 0 Å². The summed E-state index contributed by atoms with van der Waals surface area (Å²) in [5, 5.41) is 8.95. The Kier molecular flexibility index (Phi) is 4.90. The standard InChI is InChI=1S/C16H17NO4/c1-12-14(16(19)20)7-8-17(15(12)18)9-10-21-11-13-5-3-2-4-6-13/h2-8H,9-11H2,1H3,(H,19,20). The van der Waals surface area contributed by atoms with Gasteiger partial charge in [-0.1, -0.05) is 30.3 Å². The van der Waals surface area contributed by atoms with Gasteiger partial charge in [0.1, 0.15) is 0 Å². The lowest BCUT2D eigenvalue weighted by molar-refractivity contribution is 0.0695. The van der Waals surface area contributed by atoms with Crippen LogP contribution in [0.25, 0.3) is 0 Å². The molecule has 0 saturated heterocycles. The fourth-order valence-corrected chi connectivity index (χ4v) is 2.02. The second kappa shape index (κ2) is 6.85. The smallest absolute Gasteiger partial charge is 0.336 e. The highest BCUT2D eigenvalue weighted by molar-refractivity contribution is 5.88. The van der Waals surface area contributed by atoms with E-state index in [1.807, 2.05) is 30.3 Å². The van der Waals surface area contributed by atoms with Gasteiger partial charge in [0.05, 0.1) is 18.8 Å². The Labute approximate surface area is 122 Å². The first-order chi connectivity index (χ1) is 10.1. The lowest BCUT2D eigenvalue weighted by Crippen LogP contribution is -2.26. The molecular formula is C16H17NO4. The minimum Gasteiger partial charge on any atom is -0.478 e. The average molecular weight is 287 g/mol. The van der Waals surface area contributed by atoms with Gasteiger partial charge in [-0.25, -0.2) is 4.79 Å². The molecule has 0 aliphatic carbocycles. The van der Waals surface area contributed by atoms with Crippen molar-refractivity contribution in [1.82, 2.24) is 4.57 Å². The first-order valence-corrected chi connectivity index (χ1v) is 6.64. The normalized spacial score (nSPS) is 10.5. The van der Waals surface area contributed by atoms with Crippen LogP contribution in [0, 0.1) is 6.92 Å². The molecule has 0 radical (unpaired) electrons. The number of aromatic nitrogens is 1. The van der Waals surface area contributed by atoms with Gasteiger partial charge in [-0.05, 0) is 18.6 Å². The number of carboxylic acid groups (broad SMARTS) is 1. The van der Waals surface area contributed by atoms with E-state index < -0.39 is 5.97 Å². The van der Waals surface area contributed by atoms with E-state index in [4.69, 9.17) is 9.84 Å². The lowest BCUT2D eigenvalue weighted by Gasteiger charge is -2.09. The van der Waals surface area contributed by atoms with E-state index in [9.17, 15) is 9.59 Å². The Hall–Kier alpha value is -2.40. The van der Waals surface area contributed by atoms with E-state index in [2.05, 4.69) is 0 Å². The summed E-state index contributed by atoms with van der Waals surface area (Å²) in [6.07, 6.45) is 1.49. The zero-order chi connectivity index (χ0) is 15.2. The Bertz CT molecular complexity index is 676. The molecule has 0 atom stereocenters. The number of rotatable bonds is 6. The molecule has 0 saturated carbocycles. The summed E-state index contributed by atoms with van der Waals surface area (Å²) < 4.78 is 6.99. The molecule has 1 heterocycles. The van der Waals surface area contributed by atoms with E-state index in [0.717, 1.165) is 5.56 Å². The predicted octanol–water partition coefficient (Wildman–Crippen LogP) is 2.07. The molecule has 1 aromatic heterocycles. The number of hydrogen-bond acceptors (Lipinski definition) is 3. The number of ether oxygens (including phenoxy) is 1. The number of benzene rings is 1. The maximum absolute atomic E-state index is 12.0. The number of aromatic carboxylic acids is 1. The highest BCUT2D eigenvalue weighted by atomic mass is 16.5. The van der Waals surface area contributed by atoms with Crippen LogP contribution in [0.4, 0.5) is 0 Å². The van der Waals surface area contributed by atoms with Gasteiger partial charge in [0, 0.05) is 18.3 Å². The van der Waals surface area contributed by atoms with Crippen LogP contribution < -0.4 is 5.56 Å². The van der Waals surface area contributed by atoms with Gasteiger partial charge in [0.15, 0.2) is 0 Å². The highest BCUT2D eigenvalue weighted by Crippen LogP contribution is 2.03. The van der Waals surface area contributed by atoms with Crippen LogP contribution in [-0.2, 0) is 17.9 Å².